The SMILES string of the molecule is O=CN1CCN(CC2CCCCC2)CC1. The maximum absolute atomic E-state index is 10.6. The van der Waals surface area contributed by atoms with Gasteiger partial charge >= 0.3 is 0 Å². The molecule has 0 aromatic rings. The lowest BCUT2D eigenvalue weighted by atomic mass is 9.89. The Kier molecular flexibility index (Phi) is 4.01. The molecule has 0 radical (unpaired) electrons. The van der Waals surface area contributed by atoms with Gasteiger partial charge in [0.25, 0.3) is 0 Å². The molecular formula is C12H22N2O. The van der Waals surface area contributed by atoms with E-state index in [1.807, 2.05) is 4.90 Å². The van der Waals surface area contributed by atoms with E-state index in [-0.39, 0.29) is 0 Å². The summed E-state index contributed by atoms with van der Waals surface area (Å²) in [6.45, 7) is 5.28. The van der Waals surface area contributed by atoms with Gasteiger partial charge < -0.3 is 4.90 Å². The van der Waals surface area contributed by atoms with Crippen LogP contribution in [0.15, 0.2) is 0 Å². The lowest BCUT2D eigenvalue weighted by molar-refractivity contribution is -0.119. The third kappa shape index (κ3) is 3.20. The minimum atomic E-state index is 0.927. The summed E-state index contributed by atoms with van der Waals surface area (Å²) in [5.41, 5.74) is 0. The van der Waals surface area contributed by atoms with Crippen LogP contribution in [0.2, 0.25) is 0 Å². The van der Waals surface area contributed by atoms with Gasteiger partial charge in [-0.1, -0.05) is 19.3 Å². The number of hydrogen-bond donors (Lipinski definition) is 0. The van der Waals surface area contributed by atoms with Crippen LogP contribution in [0.4, 0.5) is 0 Å². The Labute approximate surface area is 92.4 Å². The molecule has 0 unspecified atom stereocenters. The number of amides is 1. The van der Waals surface area contributed by atoms with Crippen LogP contribution in [0.3, 0.4) is 0 Å². The number of rotatable bonds is 3. The van der Waals surface area contributed by atoms with Gasteiger partial charge in [0.05, 0.1) is 0 Å². The van der Waals surface area contributed by atoms with Crippen molar-refractivity contribution in [2.45, 2.75) is 32.1 Å². The zero-order valence-corrected chi connectivity index (χ0v) is 9.53. The van der Waals surface area contributed by atoms with Crippen molar-refractivity contribution < 1.29 is 4.79 Å². The first-order chi connectivity index (χ1) is 7.38. The van der Waals surface area contributed by atoms with Crippen LogP contribution >= 0.6 is 0 Å². The maximum atomic E-state index is 10.6. The molecule has 1 aliphatic heterocycles. The lowest BCUT2D eigenvalue weighted by Gasteiger charge is -2.35. The molecule has 2 rings (SSSR count). The monoisotopic (exact) mass is 210 g/mol. The second-order valence-electron chi connectivity index (χ2n) is 4.95. The molecule has 1 saturated carbocycles. The first kappa shape index (κ1) is 10.9. The Bertz CT molecular complexity index is 194. The predicted octanol–water partition coefficient (Wildman–Crippen LogP) is 1.34. The molecule has 3 nitrogen and oxygen atoms in total. The summed E-state index contributed by atoms with van der Waals surface area (Å²) in [7, 11) is 0. The van der Waals surface area contributed by atoms with E-state index in [0.29, 0.717) is 0 Å². The quantitative estimate of drug-likeness (QED) is 0.656. The Hall–Kier alpha value is -0.570. The van der Waals surface area contributed by atoms with E-state index in [4.69, 9.17) is 0 Å². The van der Waals surface area contributed by atoms with Gasteiger partial charge in [-0.2, -0.15) is 0 Å². The molecule has 0 bridgehead atoms. The van der Waals surface area contributed by atoms with E-state index in [1.54, 1.807) is 0 Å². The highest BCUT2D eigenvalue weighted by Crippen LogP contribution is 2.24. The fourth-order valence-corrected chi connectivity index (χ4v) is 2.79. The van der Waals surface area contributed by atoms with Crippen molar-refractivity contribution in [3.63, 3.8) is 0 Å². The summed E-state index contributed by atoms with van der Waals surface area (Å²) in [4.78, 5) is 15.0. The zero-order valence-electron chi connectivity index (χ0n) is 9.53. The van der Waals surface area contributed by atoms with Crippen molar-refractivity contribution in [3.05, 3.63) is 0 Å². The van der Waals surface area contributed by atoms with Gasteiger partial charge in [-0.25, -0.2) is 0 Å². The van der Waals surface area contributed by atoms with Crippen LogP contribution in [0.25, 0.3) is 0 Å². The van der Waals surface area contributed by atoms with Crippen LogP contribution in [-0.4, -0.2) is 48.9 Å². The van der Waals surface area contributed by atoms with Gasteiger partial charge in [-0.3, -0.25) is 9.69 Å². The molecule has 1 heterocycles. The molecule has 2 aliphatic rings. The average molecular weight is 210 g/mol. The molecule has 0 aromatic heterocycles. The molecule has 2 fully saturated rings. The lowest BCUT2D eigenvalue weighted by Crippen LogP contribution is -2.47. The molecule has 1 saturated heterocycles. The molecule has 0 spiro atoms. The van der Waals surface area contributed by atoms with Crippen LogP contribution < -0.4 is 0 Å². The normalized spacial score (nSPS) is 25.5. The number of nitrogens with zero attached hydrogens (tertiary/aromatic N) is 2. The maximum Gasteiger partial charge on any atom is 0.209 e. The Morgan fingerprint density at radius 1 is 1.00 bits per heavy atom. The Balaban J connectivity index is 1.69. The molecule has 0 aromatic carbocycles. The van der Waals surface area contributed by atoms with E-state index < -0.39 is 0 Å². The van der Waals surface area contributed by atoms with Crippen molar-refractivity contribution in [1.29, 1.82) is 0 Å². The average Bonchev–Trinajstić information content (AvgIpc) is 2.31. The molecule has 1 aliphatic carbocycles. The molecule has 0 atom stereocenters. The van der Waals surface area contributed by atoms with Crippen LogP contribution in [0, 0.1) is 5.92 Å². The van der Waals surface area contributed by atoms with Crippen molar-refractivity contribution in [1.82, 2.24) is 9.80 Å². The largest absolute Gasteiger partial charge is 0.343 e. The minimum Gasteiger partial charge on any atom is -0.343 e. The van der Waals surface area contributed by atoms with Gasteiger partial charge in [-0.15, -0.1) is 0 Å². The number of hydrogen-bond acceptors (Lipinski definition) is 2. The fourth-order valence-electron chi connectivity index (χ4n) is 2.79. The van der Waals surface area contributed by atoms with E-state index >= 15 is 0 Å². The summed E-state index contributed by atoms with van der Waals surface area (Å²) in [5, 5.41) is 0. The summed E-state index contributed by atoms with van der Waals surface area (Å²) in [6.07, 6.45) is 8.13. The summed E-state index contributed by atoms with van der Waals surface area (Å²) in [5.74, 6) is 0.932. The highest BCUT2D eigenvalue weighted by atomic mass is 16.1. The van der Waals surface area contributed by atoms with Crippen molar-refractivity contribution in [3.8, 4) is 0 Å². The van der Waals surface area contributed by atoms with Gasteiger partial charge in [0.2, 0.25) is 6.41 Å². The molecular weight excluding hydrogens is 188 g/mol. The molecule has 1 amide bonds. The van der Waals surface area contributed by atoms with Crippen molar-refractivity contribution >= 4 is 6.41 Å². The highest BCUT2D eigenvalue weighted by molar-refractivity contribution is 5.47. The van der Waals surface area contributed by atoms with Gasteiger partial charge in [0.15, 0.2) is 0 Å². The third-order valence-electron chi connectivity index (χ3n) is 3.80. The molecule has 15 heavy (non-hydrogen) atoms. The predicted molar refractivity (Wildman–Crippen MR) is 60.7 cm³/mol. The van der Waals surface area contributed by atoms with Crippen LogP contribution in [-0.2, 0) is 4.79 Å². The smallest absolute Gasteiger partial charge is 0.209 e. The number of carbonyl (C=O) groups is 1. The van der Waals surface area contributed by atoms with E-state index in [9.17, 15) is 4.79 Å². The first-order valence-corrected chi connectivity index (χ1v) is 6.30. The van der Waals surface area contributed by atoms with Crippen molar-refractivity contribution in [2.24, 2.45) is 5.92 Å². The molecule has 3 heteroatoms. The first-order valence-electron chi connectivity index (χ1n) is 6.30. The summed E-state index contributed by atoms with van der Waals surface area (Å²) in [6, 6.07) is 0. The second kappa shape index (κ2) is 5.50. The van der Waals surface area contributed by atoms with E-state index in [2.05, 4.69) is 4.90 Å². The van der Waals surface area contributed by atoms with Crippen molar-refractivity contribution in [2.75, 3.05) is 32.7 Å². The molecule has 86 valence electrons. The molecule has 0 N–H and O–H groups in total. The fraction of sp³-hybridized carbons (Fsp3) is 0.917. The Morgan fingerprint density at radius 2 is 1.67 bits per heavy atom. The van der Waals surface area contributed by atoms with Gasteiger partial charge in [0.1, 0.15) is 0 Å². The number of piperazine rings is 1. The minimum absolute atomic E-state index is 0.927. The van der Waals surface area contributed by atoms with Crippen LogP contribution in [0.5, 0.6) is 0 Å². The van der Waals surface area contributed by atoms with Crippen LogP contribution in [0.1, 0.15) is 32.1 Å². The van der Waals surface area contributed by atoms with Gasteiger partial charge in [-0.05, 0) is 18.8 Å². The van der Waals surface area contributed by atoms with E-state index in [0.717, 1.165) is 38.5 Å². The standard InChI is InChI=1S/C12H22N2O/c15-11-14-8-6-13(7-9-14)10-12-4-2-1-3-5-12/h11-12H,1-10H2. The zero-order chi connectivity index (χ0) is 10.5. The topological polar surface area (TPSA) is 23.6 Å². The summed E-state index contributed by atoms with van der Waals surface area (Å²) >= 11 is 0. The highest BCUT2D eigenvalue weighted by Gasteiger charge is 2.20. The number of carbonyl (C=O) groups excluding carboxylic acids is 1. The summed E-state index contributed by atoms with van der Waals surface area (Å²) < 4.78 is 0. The second-order valence-corrected chi connectivity index (χ2v) is 4.95. The van der Waals surface area contributed by atoms with Gasteiger partial charge in [0, 0.05) is 32.7 Å². The third-order valence-corrected chi connectivity index (χ3v) is 3.80. The Morgan fingerprint density at radius 3 is 2.27 bits per heavy atom. The van der Waals surface area contributed by atoms with E-state index in [1.165, 1.54) is 38.6 Å².